The molecule has 1 aromatic carbocycles. The number of para-hydroxylation sites is 1. The van der Waals surface area contributed by atoms with Crippen LogP contribution in [0, 0.1) is 5.92 Å². The normalized spacial score (nSPS) is 29.0. The van der Waals surface area contributed by atoms with E-state index in [1.165, 1.54) is 0 Å². The van der Waals surface area contributed by atoms with Crippen molar-refractivity contribution in [3.05, 3.63) is 30.3 Å². The first-order valence-corrected chi connectivity index (χ1v) is 7.84. The molecule has 3 atom stereocenters. The summed E-state index contributed by atoms with van der Waals surface area (Å²) in [7, 11) is 0. The van der Waals surface area contributed by atoms with Gasteiger partial charge in [0.25, 0.3) is 0 Å². The number of carbonyl (C=O) groups is 2. The van der Waals surface area contributed by atoms with Gasteiger partial charge in [0.05, 0.1) is 18.1 Å². The molecule has 2 fully saturated rings. The number of hydrogen-bond donors (Lipinski definition) is 0. The third kappa shape index (κ3) is 2.99. The average molecular weight is 302 g/mol. The highest BCUT2D eigenvalue weighted by Crippen LogP contribution is 2.27. The number of hydrogen-bond acceptors (Lipinski definition) is 3. The van der Waals surface area contributed by atoms with E-state index in [1.54, 1.807) is 4.90 Å². The van der Waals surface area contributed by atoms with Crippen molar-refractivity contribution in [1.29, 1.82) is 0 Å². The minimum Gasteiger partial charge on any atom is -0.372 e. The fraction of sp³-hybridized carbons (Fsp3) is 0.529. The lowest BCUT2D eigenvalue weighted by molar-refractivity contribution is -0.147. The summed E-state index contributed by atoms with van der Waals surface area (Å²) in [6.07, 6.45) is 0.401. The van der Waals surface area contributed by atoms with Gasteiger partial charge in [-0.2, -0.15) is 0 Å². The van der Waals surface area contributed by atoms with Crippen LogP contribution in [0.15, 0.2) is 30.3 Å². The van der Waals surface area contributed by atoms with Crippen LogP contribution >= 0.6 is 0 Å². The Hall–Kier alpha value is -1.88. The summed E-state index contributed by atoms with van der Waals surface area (Å²) in [6.45, 7) is 5.65. The molecular formula is C17H22N2O3. The molecule has 5 nitrogen and oxygen atoms in total. The highest BCUT2D eigenvalue weighted by molar-refractivity contribution is 6.00. The van der Waals surface area contributed by atoms with Crippen LogP contribution in [-0.2, 0) is 14.3 Å². The van der Waals surface area contributed by atoms with E-state index in [-0.39, 0.29) is 29.9 Å². The zero-order chi connectivity index (χ0) is 15.7. The van der Waals surface area contributed by atoms with Crippen molar-refractivity contribution in [3.8, 4) is 0 Å². The van der Waals surface area contributed by atoms with Gasteiger partial charge in [-0.05, 0) is 26.0 Å². The molecule has 22 heavy (non-hydrogen) atoms. The minimum absolute atomic E-state index is 0.0268. The number of carbonyl (C=O) groups excluding carboxylic acids is 2. The number of morpholine rings is 1. The van der Waals surface area contributed by atoms with Crippen LogP contribution in [0.2, 0.25) is 0 Å². The van der Waals surface area contributed by atoms with Crippen LogP contribution in [0.5, 0.6) is 0 Å². The van der Waals surface area contributed by atoms with Gasteiger partial charge < -0.3 is 14.5 Å². The number of anilines is 1. The maximum atomic E-state index is 12.7. The van der Waals surface area contributed by atoms with Gasteiger partial charge in [0, 0.05) is 31.7 Å². The number of rotatable bonds is 2. The SMILES string of the molecule is CC1CN(C(=O)C2CC(=O)N(c3ccccc3)C2)CC(C)O1. The van der Waals surface area contributed by atoms with Crippen molar-refractivity contribution in [2.75, 3.05) is 24.5 Å². The van der Waals surface area contributed by atoms with E-state index in [1.807, 2.05) is 49.1 Å². The van der Waals surface area contributed by atoms with Gasteiger partial charge in [-0.3, -0.25) is 9.59 Å². The van der Waals surface area contributed by atoms with Crippen LogP contribution in [0.1, 0.15) is 20.3 Å². The van der Waals surface area contributed by atoms with Gasteiger partial charge in [0.2, 0.25) is 11.8 Å². The minimum atomic E-state index is -0.245. The summed E-state index contributed by atoms with van der Waals surface area (Å²) in [5, 5.41) is 0. The van der Waals surface area contributed by atoms with Gasteiger partial charge in [-0.25, -0.2) is 0 Å². The fourth-order valence-corrected chi connectivity index (χ4v) is 3.35. The number of benzene rings is 1. The zero-order valence-corrected chi connectivity index (χ0v) is 13.1. The molecule has 1 aromatic rings. The zero-order valence-electron chi connectivity index (χ0n) is 13.1. The summed E-state index contributed by atoms with van der Waals surface area (Å²) in [4.78, 5) is 28.5. The molecule has 0 radical (unpaired) electrons. The molecule has 118 valence electrons. The number of nitrogens with zero attached hydrogens (tertiary/aromatic N) is 2. The molecule has 0 bridgehead atoms. The van der Waals surface area contributed by atoms with Gasteiger partial charge in [-0.1, -0.05) is 18.2 Å². The van der Waals surface area contributed by atoms with E-state index in [4.69, 9.17) is 4.74 Å². The van der Waals surface area contributed by atoms with E-state index in [0.717, 1.165) is 5.69 Å². The molecule has 2 aliphatic rings. The Morgan fingerprint density at radius 3 is 2.36 bits per heavy atom. The summed E-state index contributed by atoms with van der Waals surface area (Å²) in [6, 6.07) is 9.54. The molecule has 3 unspecified atom stereocenters. The molecule has 0 aliphatic carbocycles. The van der Waals surface area contributed by atoms with Gasteiger partial charge in [-0.15, -0.1) is 0 Å². The highest BCUT2D eigenvalue weighted by atomic mass is 16.5. The van der Waals surface area contributed by atoms with Crippen molar-refractivity contribution in [3.63, 3.8) is 0 Å². The second-order valence-electron chi connectivity index (χ2n) is 6.24. The molecule has 2 aliphatic heterocycles. The average Bonchev–Trinajstić information content (AvgIpc) is 2.88. The molecule has 2 amide bonds. The van der Waals surface area contributed by atoms with Crippen molar-refractivity contribution < 1.29 is 14.3 Å². The molecule has 3 rings (SSSR count). The summed E-state index contributed by atoms with van der Waals surface area (Å²) in [5.74, 6) is -0.141. The van der Waals surface area contributed by atoms with Crippen LogP contribution in [0.4, 0.5) is 5.69 Å². The predicted octanol–water partition coefficient (Wildman–Crippen LogP) is 1.68. The second kappa shape index (κ2) is 6.08. The molecule has 0 spiro atoms. The smallest absolute Gasteiger partial charge is 0.228 e. The first kappa shape index (κ1) is 15.0. The maximum Gasteiger partial charge on any atom is 0.228 e. The molecule has 0 N–H and O–H groups in total. The Bertz CT molecular complexity index is 550. The maximum absolute atomic E-state index is 12.7. The first-order valence-electron chi connectivity index (χ1n) is 7.84. The van der Waals surface area contributed by atoms with E-state index in [0.29, 0.717) is 26.1 Å². The van der Waals surface area contributed by atoms with E-state index >= 15 is 0 Å². The lowest BCUT2D eigenvalue weighted by Gasteiger charge is -2.36. The largest absolute Gasteiger partial charge is 0.372 e. The lowest BCUT2D eigenvalue weighted by Crippen LogP contribution is -2.50. The Kier molecular flexibility index (Phi) is 4.16. The Morgan fingerprint density at radius 2 is 1.73 bits per heavy atom. The van der Waals surface area contributed by atoms with E-state index in [9.17, 15) is 9.59 Å². The molecule has 0 aromatic heterocycles. The first-order chi connectivity index (χ1) is 10.5. The van der Waals surface area contributed by atoms with E-state index < -0.39 is 0 Å². The molecule has 5 heteroatoms. The second-order valence-corrected chi connectivity index (χ2v) is 6.24. The van der Waals surface area contributed by atoms with Crippen LogP contribution in [0.25, 0.3) is 0 Å². The highest BCUT2D eigenvalue weighted by Gasteiger charge is 2.38. The van der Waals surface area contributed by atoms with Crippen molar-refractivity contribution in [2.45, 2.75) is 32.5 Å². The van der Waals surface area contributed by atoms with Crippen LogP contribution in [-0.4, -0.2) is 48.6 Å². The monoisotopic (exact) mass is 302 g/mol. The summed E-state index contributed by atoms with van der Waals surface area (Å²) >= 11 is 0. The third-order valence-corrected chi connectivity index (χ3v) is 4.27. The Labute approximate surface area is 130 Å². The molecule has 0 saturated carbocycles. The molecule has 2 saturated heterocycles. The molecular weight excluding hydrogens is 280 g/mol. The predicted molar refractivity (Wildman–Crippen MR) is 83.5 cm³/mol. The van der Waals surface area contributed by atoms with Crippen LogP contribution in [0.3, 0.4) is 0 Å². The number of ether oxygens (including phenoxy) is 1. The summed E-state index contributed by atoms with van der Waals surface area (Å²) < 4.78 is 5.67. The number of amides is 2. The van der Waals surface area contributed by atoms with Gasteiger partial charge in [0.1, 0.15) is 0 Å². The molecule has 2 heterocycles. The van der Waals surface area contributed by atoms with Crippen molar-refractivity contribution in [1.82, 2.24) is 4.90 Å². The lowest BCUT2D eigenvalue weighted by atomic mass is 10.1. The van der Waals surface area contributed by atoms with Gasteiger partial charge >= 0.3 is 0 Å². The van der Waals surface area contributed by atoms with Crippen LogP contribution < -0.4 is 4.90 Å². The Morgan fingerprint density at radius 1 is 1.09 bits per heavy atom. The van der Waals surface area contributed by atoms with E-state index in [2.05, 4.69) is 0 Å². The Balaban J connectivity index is 1.69. The van der Waals surface area contributed by atoms with Crippen molar-refractivity contribution in [2.24, 2.45) is 5.92 Å². The summed E-state index contributed by atoms with van der Waals surface area (Å²) in [5.41, 5.74) is 0.867. The fourth-order valence-electron chi connectivity index (χ4n) is 3.35. The standard InChI is InChI=1S/C17H22N2O3/c1-12-9-18(10-13(2)22-12)17(21)14-8-16(20)19(11-14)15-6-4-3-5-7-15/h3-7,12-14H,8-11H2,1-2H3. The third-order valence-electron chi connectivity index (χ3n) is 4.27. The van der Waals surface area contributed by atoms with Gasteiger partial charge in [0.15, 0.2) is 0 Å². The topological polar surface area (TPSA) is 49.9 Å². The van der Waals surface area contributed by atoms with Crippen molar-refractivity contribution >= 4 is 17.5 Å². The quantitative estimate of drug-likeness (QED) is 0.835.